The lowest BCUT2D eigenvalue weighted by Gasteiger charge is -2.00. The molecule has 1 aromatic heterocycles. The molecule has 1 aromatic rings. The molecule has 7 nitrogen and oxygen atoms in total. The lowest BCUT2D eigenvalue weighted by Crippen LogP contribution is -2.39. The normalized spacial score (nSPS) is 15.9. The minimum Gasteiger partial charge on any atom is -0.383 e. The van der Waals surface area contributed by atoms with Crippen LogP contribution in [-0.2, 0) is 0 Å². The molecular weight excluding hydrogens is 220 g/mol. The number of allylic oxidation sites excluding steroid dienone is 2. The van der Waals surface area contributed by atoms with E-state index in [1.54, 1.807) is 5.43 Å². The van der Waals surface area contributed by atoms with Gasteiger partial charge in [0, 0.05) is 0 Å². The number of carbonyl (C=O) groups excluding carboxylic acids is 1. The fraction of sp³-hybridized carbons (Fsp3) is 0. The first-order valence-electron chi connectivity index (χ1n) is 3.97. The van der Waals surface area contributed by atoms with Gasteiger partial charge < -0.3 is 4.42 Å². The van der Waals surface area contributed by atoms with Crippen molar-refractivity contribution in [3.05, 3.63) is 33.5 Å². The topological polar surface area (TPSA) is 103 Å². The van der Waals surface area contributed by atoms with Crippen molar-refractivity contribution in [2.75, 3.05) is 0 Å². The average molecular weight is 228 g/mol. The summed E-state index contributed by atoms with van der Waals surface area (Å²) in [4.78, 5) is 22.2. The van der Waals surface area contributed by atoms with Gasteiger partial charge in [-0.1, -0.05) is 12.2 Å². The van der Waals surface area contributed by atoms with Crippen molar-refractivity contribution in [3.63, 3.8) is 0 Å². The van der Waals surface area contributed by atoms with E-state index in [2.05, 4.69) is 5.10 Å². The van der Waals surface area contributed by atoms with E-state index >= 15 is 0 Å². The Morgan fingerprint density at radius 1 is 1.53 bits per heavy atom. The van der Waals surface area contributed by atoms with Crippen molar-refractivity contribution in [2.45, 2.75) is 5.22 Å². The van der Waals surface area contributed by atoms with Crippen LogP contribution in [0.4, 0.5) is 4.79 Å². The Labute approximate surface area is 86.6 Å². The molecule has 3 N–H and O–H groups in total. The number of hydrogen-bond donors (Lipinski definition) is 3. The number of nitrogens with one attached hydrogen (secondary N) is 1. The van der Waals surface area contributed by atoms with E-state index in [1.165, 1.54) is 0 Å². The molecule has 15 heavy (non-hydrogen) atoms. The number of nitrogen functional groups attached to an aromatic ring is 1. The molecule has 1 aliphatic heterocycles. The number of hydrogen-bond acceptors (Lipinski definition) is 5. The lowest BCUT2D eigenvalue weighted by molar-refractivity contribution is 0.238. The molecule has 0 unspecified atom stereocenters. The van der Waals surface area contributed by atoms with Crippen LogP contribution in [0.5, 0.6) is 0 Å². The van der Waals surface area contributed by atoms with Gasteiger partial charge in [0.05, 0.1) is 0 Å². The highest BCUT2D eigenvalue weighted by Gasteiger charge is 2.17. The van der Waals surface area contributed by atoms with Crippen molar-refractivity contribution in [1.82, 2.24) is 15.2 Å². The third-order valence-corrected chi connectivity index (χ3v) is 3.29. The smallest absolute Gasteiger partial charge is 0.383 e. The van der Waals surface area contributed by atoms with E-state index in [0.717, 1.165) is 0 Å². The summed E-state index contributed by atoms with van der Waals surface area (Å²) in [6, 6.07) is -0.822. The van der Waals surface area contributed by atoms with Gasteiger partial charge in [0.2, 0.25) is 0 Å². The summed E-state index contributed by atoms with van der Waals surface area (Å²) in [5.41, 5.74) is 1.80. The van der Waals surface area contributed by atoms with E-state index < -0.39 is 22.7 Å². The van der Waals surface area contributed by atoms with Crippen LogP contribution in [0.1, 0.15) is 0 Å². The van der Waals surface area contributed by atoms with Gasteiger partial charge in [-0.15, -0.1) is 20.7 Å². The van der Waals surface area contributed by atoms with E-state index in [1.807, 2.05) is 23.0 Å². The molecule has 80 valence electrons. The van der Waals surface area contributed by atoms with Crippen LogP contribution in [0.25, 0.3) is 0 Å². The summed E-state index contributed by atoms with van der Waals surface area (Å²) in [6.45, 7) is 0. The van der Waals surface area contributed by atoms with E-state index in [0.29, 0.717) is 4.68 Å². The molecule has 0 saturated carbocycles. The number of amides is 1. The number of nitrogens with two attached hydrogens (primary N) is 1. The molecule has 0 spiro atoms. The molecule has 1 aliphatic rings. The van der Waals surface area contributed by atoms with Crippen LogP contribution in [0.3, 0.4) is 0 Å². The summed E-state index contributed by atoms with van der Waals surface area (Å²) in [6.07, 6.45) is 3.65. The Kier molecular flexibility index (Phi) is 2.44. The fourth-order valence-electron chi connectivity index (χ4n) is 1.02. The average Bonchev–Trinajstić information content (AvgIpc) is 2.84. The highest BCUT2D eigenvalue weighted by Crippen LogP contribution is 2.39. The maximum Gasteiger partial charge on any atom is 0.446 e. The number of hydrazine groups is 1. The minimum atomic E-state index is -0.846. The summed E-state index contributed by atoms with van der Waals surface area (Å²) >= 11 is 0. The van der Waals surface area contributed by atoms with Gasteiger partial charge in [-0.3, -0.25) is 5.43 Å². The van der Waals surface area contributed by atoms with Gasteiger partial charge >= 0.3 is 11.8 Å². The molecule has 2 rings (SSSR count). The van der Waals surface area contributed by atoms with E-state index in [-0.39, 0.29) is 5.22 Å². The number of nitrogens with zero attached hydrogens (tertiary/aromatic N) is 2. The monoisotopic (exact) mass is 228 g/mol. The third kappa shape index (κ3) is 1.72. The zero-order valence-corrected chi connectivity index (χ0v) is 8.35. The van der Waals surface area contributed by atoms with Crippen molar-refractivity contribution in [3.8, 4) is 0 Å². The van der Waals surface area contributed by atoms with Crippen molar-refractivity contribution >= 4 is 16.9 Å². The summed E-state index contributed by atoms with van der Waals surface area (Å²) in [7, 11) is -0.846. The molecule has 0 bridgehead atoms. The Balaban J connectivity index is 2.36. The second kappa shape index (κ2) is 3.75. The number of aromatic nitrogens is 2. The molecular formula is C7H8N4O3S. The molecule has 0 aromatic carbocycles. The lowest BCUT2D eigenvalue weighted by atomic mass is 10.6. The maximum atomic E-state index is 11.2. The van der Waals surface area contributed by atoms with Crippen molar-refractivity contribution in [2.24, 2.45) is 5.84 Å². The maximum absolute atomic E-state index is 11.2. The second-order valence-electron chi connectivity index (χ2n) is 2.60. The zero-order chi connectivity index (χ0) is 10.8. The molecule has 0 aliphatic carbocycles. The number of thiol groups is 1. The Hall–Kier alpha value is -1.80. The van der Waals surface area contributed by atoms with Crippen LogP contribution in [0.2, 0.25) is 0 Å². The van der Waals surface area contributed by atoms with Gasteiger partial charge in [0.15, 0.2) is 0 Å². The largest absolute Gasteiger partial charge is 0.446 e. The summed E-state index contributed by atoms with van der Waals surface area (Å²) in [5.74, 6) is 4.03. The number of rotatable bonds is 1. The quantitative estimate of drug-likeness (QED) is 0.264. The predicted molar refractivity (Wildman–Crippen MR) is 54.4 cm³/mol. The highest BCUT2D eigenvalue weighted by molar-refractivity contribution is 8.22. The van der Waals surface area contributed by atoms with Crippen LogP contribution in [0.15, 0.2) is 37.4 Å². The first kappa shape index (κ1) is 9.74. The molecule has 0 fully saturated rings. The molecule has 0 atom stereocenters. The summed E-state index contributed by atoms with van der Waals surface area (Å²) < 4.78 is 5.38. The Bertz CT molecular complexity index is 489. The van der Waals surface area contributed by atoms with Gasteiger partial charge in [-0.2, -0.15) is 0 Å². The van der Waals surface area contributed by atoms with Crippen LogP contribution < -0.4 is 17.0 Å². The second-order valence-corrected chi connectivity index (χ2v) is 4.40. The van der Waals surface area contributed by atoms with Crippen LogP contribution in [0, 0.1) is 0 Å². The van der Waals surface area contributed by atoms with Crippen LogP contribution >= 0.6 is 10.9 Å². The molecule has 0 saturated heterocycles. The molecule has 1 amide bonds. The van der Waals surface area contributed by atoms with Crippen LogP contribution in [-0.4, -0.2) is 15.8 Å². The van der Waals surface area contributed by atoms with Gasteiger partial charge in [0.25, 0.3) is 5.22 Å². The Morgan fingerprint density at radius 3 is 2.80 bits per heavy atom. The van der Waals surface area contributed by atoms with Gasteiger partial charge in [-0.05, 0) is 10.8 Å². The fourth-order valence-corrected chi connectivity index (χ4v) is 2.32. The zero-order valence-electron chi connectivity index (χ0n) is 7.45. The standard InChI is InChI=1S/C7H8N4O3S/c8-9-5(12)11-7(13)14-6(10-11)15-3-1-2-4-15/h1-4,15H,8H2,(H,9,12). The van der Waals surface area contributed by atoms with E-state index in [4.69, 9.17) is 10.3 Å². The van der Waals surface area contributed by atoms with Crippen molar-refractivity contribution < 1.29 is 9.21 Å². The predicted octanol–water partition coefficient (Wildman–Crippen LogP) is -0.331. The summed E-state index contributed by atoms with van der Waals surface area (Å²) in [5, 5.41) is 7.66. The number of carbonyl (C=O) groups is 1. The molecule has 2 heterocycles. The van der Waals surface area contributed by atoms with Gasteiger partial charge in [-0.25, -0.2) is 15.4 Å². The first-order valence-corrected chi connectivity index (χ1v) is 5.45. The minimum absolute atomic E-state index is 0.226. The molecule has 0 radical (unpaired) electrons. The Morgan fingerprint density at radius 2 is 2.20 bits per heavy atom. The highest BCUT2D eigenvalue weighted by atomic mass is 32.2. The molecule has 8 heteroatoms. The van der Waals surface area contributed by atoms with Crippen molar-refractivity contribution in [1.29, 1.82) is 0 Å². The third-order valence-electron chi connectivity index (χ3n) is 1.68. The first-order chi connectivity index (χ1) is 7.22. The van der Waals surface area contributed by atoms with E-state index in [9.17, 15) is 9.59 Å². The SMILES string of the molecule is NNC(=O)n1nc([SH]2C=CC=C2)oc1=O. The van der Waals surface area contributed by atoms with Gasteiger partial charge in [0.1, 0.15) is 0 Å².